The molecule has 0 unspecified atom stereocenters. The van der Waals surface area contributed by atoms with E-state index >= 15 is 0 Å². The fourth-order valence-corrected chi connectivity index (χ4v) is 3.41. The van der Waals surface area contributed by atoms with Crippen LogP contribution in [0.25, 0.3) is 0 Å². The Morgan fingerprint density at radius 1 is 0.966 bits per heavy atom. The second-order valence-electron chi connectivity index (χ2n) is 6.52. The molecule has 2 heterocycles. The molecule has 1 fully saturated rings. The summed E-state index contributed by atoms with van der Waals surface area (Å²) in [4.78, 5) is 52.5. The summed E-state index contributed by atoms with van der Waals surface area (Å²) >= 11 is 0. The van der Waals surface area contributed by atoms with Crippen molar-refractivity contribution in [1.82, 2.24) is 0 Å². The number of hydrogen-bond donors (Lipinski definition) is 0. The third-order valence-corrected chi connectivity index (χ3v) is 4.82. The van der Waals surface area contributed by atoms with Crippen molar-refractivity contribution >= 4 is 34.6 Å². The lowest BCUT2D eigenvalue weighted by atomic mass is 9.94. The Labute approximate surface area is 162 Å². The van der Waals surface area contributed by atoms with Crippen LogP contribution < -0.4 is 4.90 Å². The summed E-state index contributed by atoms with van der Waals surface area (Å²) in [6, 6.07) is 9.22. The predicted octanol–water partition coefficient (Wildman–Crippen LogP) is 2.10. The van der Waals surface area contributed by atoms with Gasteiger partial charge in [-0.1, -0.05) is 5.16 Å². The van der Waals surface area contributed by atoms with Gasteiger partial charge in [0, 0.05) is 29.8 Å². The molecule has 2 amide bonds. The first-order chi connectivity index (χ1) is 13.8. The number of oxime groups is 1. The highest BCUT2D eigenvalue weighted by molar-refractivity contribution is 6.32. The highest BCUT2D eigenvalue weighted by Gasteiger charge is 2.56. The number of rotatable bonds is 4. The number of non-ortho nitro benzene ring substituents is 2. The van der Waals surface area contributed by atoms with E-state index < -0.39 is 33.7 Å². The van der Waals surface area contributed by atoms with E-state index in [4.69, 9.17) is 4.84 Å². The van der Waals surface area contributed by atoms with Gasteiger partial charge in [-0.15, -0.1) is 0 Å². The molecule has 0 spiro atoms. The first-order valence-corrected chi connectivity index (χ1v) is 8.41. The molecule has 146 valence electrons. The van der Waals surface area contributed by atoms with Crippen molar-refractivity contribution < 1.29 is 24.3 Å². The van der Waals surface area contributed by atoms with E-state index in [9.17, 15) is 29.8 Å². The summed E-state index contributed by atoms with van der Waals surface area (Å²) in [7, 11) is 0. The molecule has 11 heteroatoms. The molecule has 2 aromatic rings. The molecule has 2 aliphatic rings. The van der Waals surface area contributed by atoms with E-state index in [0.29, 0.717) is 11.1 Å². The van der Waals surface area contributed by atoms with Gasteiger partial charge in [-0.2, -0.15) is 0 Å². The van der Waals surface area contributed by atoms with Gasteiger partial charge in [0.25, 0.3) is 17.3 Å². The van der Waals surface area contributed by atoms with Crippen LogP contribution in [0.4, 0.5) is 17.1 Å². The SMILES string of the molecule is Cc1cc([N+](=O)[O-])ccc1N1C(=O)[C@H]2C(c3ccc([N+](=O)[O-])cc3)=NO[C@H]2C1=O. The van der Waals surface area contributed by atoms with Crippen LogP contribution in [0.2, 0.25) is 0 Å². The Morgan fingerprint density at radius 3 is 2.17 bits per heavy atom. The first kappa shape index (κ1) is 18.2. The summed E-state index contributed by atoms with van der Waals surface area (Å²) in [6.45, 7) is 1.56. The number of amides is 2. The van der Waals surface area contributed by atoms with Crippen molar-refractivity contribution in [2.24, 2.45) is 11.1 Å². The van der Waals surface area contributed by atoms with Crippen LogP contribution in [0, 0.1) is 33.1 Å². The van der Waals surface area contributed by atoms with Crippen molar-refractivity contribution in [2.75, 3.05) is 4.90 Å². The van der Waals surface area contributed by atoms with Crippen molar-refractivity contribution in [3.8, 4) is 0 Å². The van der Waals surface area contributed by atoms with Gasteiger partial charge in [-0.3, -0.25) is 29.8 Å². The van der Waals surface area contributed by atoms with Gasteiger partial charge in [0.1, 0.15) is 11.6 Å². The van der Waals surface area contributed by atoms with Crippen LogP contribution in [0.3, 0.4) is 0 Å². The van der Waals surface area contributed by atoms with Crippen LogP contribution in [-0.2, 0) is 14.4 Å². The molecule has 0 bridgehead atoms. The number of fused-ring (bicyclic) bond motifs is 1. The number of aryl methyl sites for hydroxylation is 1. The molecule has 2 aromatic carbocycles. The number of carbonyl (C=O) groups excluding carboxylic acids is 2. The predicted molar refractivity (Wildman–Crippen MR) is 98.3 cm³/mol. The summed E-state index contributed by atoms with van der Waals surface area (Å²) in [6.07, 6.45) is -1.15. The Kier molecular flexibility index (Phi) is 4.07. The fourth-order valence-electron chi connectivity index (χ4n) is 3.41. The third kappa shape index (κ3) is 2.79. The van der Waals surface area contributed by atoms with Gasteiger partial charge in [0.05, 0.1) is 15.5 Å². The fraction of sp³-hybridized carbons (Fsp3) is 0.167. The van der Waals surface area contributed by atoms with Crippen molar-refractivity contribution in [2.45, 2.75) is 13.0 Å². The van der Waals surface area contributed by atoms with Crippen LogP contribution in [-0.4, -0.2) is 33.5 Å². The number of nitrogens with zero attached hydrogens (tertiary/aromatic N) is 4. The zero-order chi connectivity index (χ0) is 20.9. The van der Waals surface area contributed by atoms with Gasteiger partial charge < -0.3 is 4.84 Å². The lowest BCUT2D eigenvalue weighted by molar-refractivity contribution is -0.385. The number of imide groups is 1. The maximum atomic E-state index is 13.0. The number of nitro groups is 2. The number of anilines is 1. The minimum absolute atomic E-state index is 0.123. The van der Waals surface area contributed by atoms with E-state index in [-0.39, 0.29) is 22.8 Å². The van der Waals surface area contributed by atoms with Gasteiger partial charge in [0.15, 0.2) is 0 Å². The Bertz CT molecular complexity index is 1110. The summed E-state index contributed by atoms with van der Waals surface area (Å²) in [5.41, 5.74) is 0.954. The Balaban J connectivity index is 1.67. The highest BCUT2D eigenvalue weighted by atomic mass is 16.7. The maximum absolute atomic E-state index is 13.0. The molecule has 4 rings (SSSR count). The number of hydrogen-bond acceptors (Lipinski definition) is 8. The molecule has 2 aliphatic heterocycles. The lowest BCUT2D eigenvalue weighted by Crippen LogP contribution is -2.33. The molecule has 2 atom stereocenters. The van der Waals surface area contributed by atoms with Gasteiger partial charge in [-0.25, -0.2) is 4.90 Å². The number of nitro benzene ring substituents is 2. The maximum Gasteiger partial charge on any atom is 0.278 e. The van der Waals surface area contributed by atoms with Crippen molar-refractivity contribution in [3.63, 3.8) is 0 Å². The normalized spacial score (nSPS) is 20.3. The van der Waals surface area contributed by atoms with E-state index in [1.54, 1.807) is 6.92 Å². The molecule has 0 saturated carbocycles. The van der Waals surface area contributed by atoms with Crippen LogP contribution in [0.15, 0.2) is 47.6 Å². The van der Waals surface area contributed by atoms with E-state index in [1.807, 2.05) is 0 Å². The lowest BCUT2D eigenvalue weighted by Gasteiger charge is -2.17. The molecule has 1 saturated heterocycles. The van der Waals surface area contributed by atoms with Crippen LogP contribution in [0.1, 0.15) is 11.1 Å². The monoisotopic (exact) mass is 396 g/mol. The molecule has 0 aromatic heterocycles. The Morgan fingerprint density at radius 2 is 1.59 bits per heavy atom. The van der Waals surface area contributed by atoms with Gasteiger partial charge >= 0.3 is 0 Å². The topological polar surface area (TPSA) is 145 Å². The van der Waals surface area contributed by atoms with Crippen LogP contribution in [0.5, 0.6) is 0 Å². The van der Waals surface area contributed by atoms with E-state index in [0.717, 1.165) is 4.90 Å². The molecule has 0 radical (unpaired) electrons. The second-order valence-corrected chi connectivity index (χ2v) is 6.52. The smallest absolute Gasteiger partial charge is 0.278 e. The van der Waals surface area contributed by atoms with E-state index in [1.165, 1.54) is 42.5 Å². The average molecular weight is 396 g/mol. The molecule has 0 aliphatic carbocycles. The summed E-state index contributed by atoms with van der Waals surface area (Å²) in [5, 5.41) is 25.6. The number of carbonyl (C=O) groups is 2. The quantitative estimate of drug-likeness (QED) is 0.437. The standard InChI is InChI=1S/C18H12N4O7/c1-9-8-12(22(27)28)6-7-13(9)20-17(23)14-15(19-29-16(14)18(20)24)10-2-4-11(5-3-10)21(25)26/h2-8,14,16H,1H3/t14-,16+/m0/s1. The van der Waals surface area contributed by atoms with Crippen molar-refractivity contribution in [3.05, 3.63) is 73.8 Å². The summed E-state index contributed by atoms with van der Waals surface area (Å²) < 4.78 is 0. The van der Waals surface area contributed by atoms with Gasteiger partial charge in [0.2, 0.25) is 12.0 Å². The molecular weight excluding hydrogens is 384 g/mol. The average Bonchev–Trinajstić information content (AvgIpc) is 3.23. The van der Waals surface area contributed by atoms with Crippen LogP contribution >= 0.6 is 0 Å². The minimum atomic E-state index is -1.15. The zero-order valence-electron chi connectivity index (χ0n) is 14.8. The third-order valence-electron chi connectivity index (χ3n) is 4.82. The largest absolute Gasteiger partial charge is 0.381 e. The highest BCUT2D eigenvalue weighted by Crippen LogP contribution is 2.37. The van der Waals surface area contributed by atoms with Crippen molar-refractivity contribution in [1.29, 1.82) is 0 Å². The molecule has 29 heavy (non-hydrogen) atoms. The molecule has 0 N–H and O–H groups in total. The minimum Gasteiger partial charge on any atom is -0.381 e. The molecule has 11 nitrogen and oxygen atoms in total. The summed E-state index contributed by atoms with van der Waals surface area (Å²) in [5.74, 6) is -2.21. The van der Waals surface area contributed by atoms with E-state index in [2.05, 4.69) is 5.16 Å². The van der Waals surface area contributed by atoms with Gasteiger partial charge in [-0.05, 0) is 30.7 Å². The first-order valence-electron chi connectivity index (χ1n) is 8.41. The number of benzene rings is 2. The molecular formula is C18H12N4O7. The Hall–Kier alpha value is -4.15. The second kappa shape index (κ2) is 6.48. The zero-order valence-corrected chi connectivity index (χ0v) is 14.8.